The molecule has 0 atom stereocenters. The second-order valence-corrected chi connectivity index (χ2v) is 2.93. The normalized spacial score (nSPS) is 11.5. The summed E-state index contributed by atoms with van der Waals surface area (Å²) in [6, 6.07) is 1.84. The molecular weight excluding hydrogens is 180 g/mol. The summed E-state index contributed by atoms with van der Waals surface area (Å²) in [6.07, 6.45) is 3.44. The molecule has 14 heavy (non-hydrogen) atoms. The minimum Gasteiger partial charge on any atom is -0.463 e. The highest BCUT2D eigenvalue weighted by molar-refractivity contribution is 5.92. The van der Waals surface area contributed by atoms with Crippen molar-refractivity contribution in [1.82, 2.24) is 9.78 Å². The number of esters is 1. The molecule has 1 rings (SSSR count). The summed E-state index contributed by atoms with van der Waals surface area (Å²) in [5.41, 5.74) is 1.46. The summed E-state index contributed by atoms with van der Waals surface area (Å²) in [4.78, 5) is 11.3. The number of aryl methyl sites for hydroxylation is 1. The first-order chi connectivity index (χ1) is 6.65. The molecule has 0 radical (unpaired) electrons. The summed E-state index contributed by atoms with van der Waals surface area (Å²) < 4.78 is 6.55. The largest absolute Gasteiger partial charge is 0.463 e. The number of hydrogen-bond donors (Lipinski definition) is 0. The van der Waals surface area contributed by atoms with Crippen LogP contribution in [0.2, 0.25) is 0 Å². The van der Waals surface area contributed by atoms with Crippen LogP contribution in [0.3, 0.4) is 0 Å². The van der Waals surface area contributed by atoms with Gasteiger partial charge in [-0.15, -0.1) is 0 Å². The van der Waals surface area contributed by atoms with Gasteiger partial charge in [0.2, 0.25) is 0 Å². The van der Waals surface area contributed by atoms with Crippen LogP contribution in [0.1, 0.15) is 19.5 Å². The Hall–Kier alpha value is -1.58. The molecular formula is C10H14N2O2. The molecule has 0 saturated carbocycles. The third-order valence-electron chi connectivity index (χ3n) is 1.82. The Bertz CT molecular complexity index is 353. The number of nitrogens with zero attached hydrogens (tertiary/aromatic N) is 2. The molecule has 0 bridgehead atoms. The van der Waals surface area contributed by atoms with Gasteiger partial charge in [0.1, 0.15) is 0 Å². The second kappa shape index (κ2) is 4.60. The lowest BCUT2D eigenvalue weighted by molar-refractivity contribution is -0.138. The molecule has 0 aliphatic rings. The van der Waals surface area contributed by atoms with E-state index < -0.39 is 0 Å². The molecule has 0 unspecified atom stereocenters. The maximum absolute atomic E-state index is 11.3. The van der Waals surface area contributed by atoms with Crippen LogP contribution in [0.5, 0.6) is 0 Å². The zero-order valence-electron chi connectivity index (χ0n) is 8.65. The van der Waals surface area contributed by atoms with E-state index in [1.54, 1.807) is 30.8 Å². The molecule has 0 spiro atoms. The molecule has 1 aromatic rings. The van der Waals surface area contributed by atoms with Crippen molar-refractivity contribution in [3.63, 3.8) is 0 Å². The SMILES string of the molecule is CCOC(=O)C(C)=Cc1ccnn1C. The van der Waals surface area contributed by atoms with Gasteiger partial charge in [-0.3, -0.25) is 4.68 Å². The molecule has 0 fully saturated rings. The molecule has 1 heterocycles. The van der Waals surface area contributed by atoms with Gasteiger partial charge in [0, 0.05) is 18.8 Å². The van der Waals surface area contributed by atoms with Crippen molar-refractivity contribution in [3.8, 4) is 0 Å². The smallest absolute Gasteiger partial charge is 0.333 e. The predicted octanol–water partition coefficient (Wildman–Crippen LogP) is 1.39. The van der Waals surface area contributed by atoms with Crippen LogP contribution in [0, 0.1) is 0 Å². The molecule has 4 heteroatoms. The van der Waals surface area contributed by atoms with Gasteiger partial charge < -0.3 is 4.74 Å². The van der Waals surface area contributed by atoms with E-state index in [1.807, 2.05) is 13.1 Å². The van der Waals surface area contributed by atoms with Crippen LogP contribution < -0.4 is 0 Å². The van der Waals surface area contributed by atoms with Crippen LogP contribution >= 0.6 is 0 Å². The van der Waals surface area contributed by atoms with Crippen LogP contribution in [0.15, 0.2) is 17.8 Å². The lowest BCUT2D eigenvalue weighted by Crippen LogP contribution is -2.05. The molecule has 0 N–H and O–H groups in total. The number of aromatic nitrogens is 2. The third kappa shape index (κ3) is 2.45. The maximum atomic E-state index is 11.3. The van der Waals surface area contributed by atoms with E-state index in [1.165, 1.54) is 0 Å². The van der Waals surface area contributed by atoms with Crippen molar-refractivity contribution in [1.29, 1.82) is 0 Å². The van der Waals surface area contributed by atoms with E-state index in [0.29, 0.717) is 12.2 Å². The van der Waals surface area contributed by atoms with E-state index in [9.17, 15) is 4.79 Å². The molecule has 0 aliphatic heterocycles. The summed E-state index contributed by atoms with van der Waals surface area (Å²) in [7, 11) is 1.82. The standard InChI is InChI=1S/C10H14N2O2/c1-4-14-10(13)8(2)7-9-5-6-11-12(9)3/h5-7H,4H2,1-3H3. The highest BCUT2D eigenvalue weighted by Crippen LogP contribution is 2.06. The van der Waals surface area contributed by atoms with Crippen LogP contribution in [-0.2, 0) is 16.6 Å². The number of carbonyl (C=O) groups excluding carboxylic acids is 1. The van der Waals surface area contributed by atoms with Gasteiger partial charge in [-0.1, -0.05) is 0 Å². The fourth-order valence-corrected chi connectivity index (χ4v) is 1.05. The Morgan fingerprint density at radius 3 is 2.93 bits per heavy atom. The Balaban J connectivity index is 2.78. The minimum absolute atomic E-state index is 0.284. The fraction of sp³-hybridized carbons (Fsp3) is 0.400. The first-order valence-electron chi connectivity index (χ1n) is 4.48. The molecule has 1 aromatic heterocycles. The Labute approximate surface area is 83.2 Å². The molecule has 76 valence electrons. The lowest BCUT2D eigenvalue weighted by atomic mass is 10.2. The number of ether oxygens (including phenoxy) is 1. The van der Waals surface area contributed by atoms with Gasteiger partial charge in [0.25, 0.3) is 0 Å². The Morgan fingerprint density at radius 1 is 1.71 bits per heavy atom. The van der Waals surface area contributed by atoms with Gasteiger partial charge >= 0.3 is 5.97 Å². The van der Waals surface area contributed by atoms with Crippen LogP contribution in [0.25, 0.3) is 6.08 Å². The van der Waals surface area contributed by atoms with Crippen molar-refractivity contribution < 1.29 is 9.53 Å². The highest BCUT2D eigenvalue weighted by atomic mass is 16.5. The number of carbonyl (C=O) groups is 1. The maximum Gasteiger partial charge on any atom is 0.333 e. The third-order valence-corrected chi connectivity index (χ3v) is 1.82. The Kier molecular flexibility index (Phi) is 3.45. The van der Waals surface area contributed by atoms with E-state index in [0.717, 1.165) is 5.69 Å². The quantitative estimate of drug-likeness (QED) is 0.539. The van der Waals surface area contributed by atoms with Gasteiger partial charge in [-0.05, 0) is 26.0 Å². The van der Waals surface area contributed by atoms with Crippen molar-refractivity contribution >= 4 is 12.0 Å². The van der Waals surface area contributed by atoms with Gasteiger partial charge in [0.05, 0.1) is 12.3 Å². The predicted molar refractivity (Wildman–Crippen MR) is 53.5 cm³/mol. The molecule has 0 amide bonds. The molecule has 0 aliphatic carbocycles. The molecule has 0 aromatic carbocycles. The highest BCUT2D eigenvalue weighted by Gasteiger charge is 2.05. The summed E-state index contributed by atoms with van der Waals surface area (Å²) in [6.45, 7) is 3.91. The lowest BCUT2D eigenvalue weighted by Gasteiger charge is -2.01. The number of rotatable bonds is 3. The fourth-order valence-electron chi connectivity index (χ4n) is 1.05. The van der Waals surface area contributed by atoms with Crippen LogP contribution in [-0.4, -0.2) is 22.4 Å². The zero-order valence-corrected chi connectivity index (χ0v) is 8.65. The zero-order chi connectivity index (χ0) is 10.6. The van der Waals surface area contributed by atoms with E-state index >= 15 is 0 Å². The van der Waals surface area contributed by atoms with Gasteiger partial charge in [-0.2, -0.15) is 5.10 Å². The average molecular weight is 194 g/mol. The van der Waals surface area contributed by atoms with E-state index in [-0.39, 0.29) is 5.97 Å². The topological polar surface area (TPSA) is 44.1 Å². The van der Waals surface area contributed by atoms with Crippen molar-refractivity contribution in [2.75, 3.05) is 6.61 Å². The molecule has 0 saturated heterocycles. The minimum atomic E-state index is -0.284. The average Bonchev–Trinajstić information content (AvgIpc) is 2.52. The van der Waals surface area contributed by atoms with Gasteiger partial charge in [-0.25, -0.2) is 4.79 Å². The van der Waals surface area contributed by atoms with E-state index in [2.05, 4.69) is 5.10 Å². The summed E-state index contributed by atoms with van der Waals surface area (Å²) in [5.74, 6) is -0.284. The van der Waals surface area contributed by atoms with Crippen molar-refractivity contribution in [2.45, 2.75) is 13.8 Å². The molecule has 4 nitrogen and oxygen atoms in total. The first kappa shape index (κ1) is 10.5. The summed E-state index contributed by atoms with van der Waals surface area (Å²) in [5, 5.41) is 3.99. The Morgan fingerprint density at radius 2 is 2.43 bits per heavy atom. The number of hydrogen-bond acceptors (Lipinski definition) is 3. The van der Waals surface area contributed by atoms with Gasteiger partial charge in [0.15, 0.2) is 0 Å². The second-order valence-electron chi connectivity index (χ2n) is 2.93. The van der Waals surface area contributed by atoms with Crippen molar-refractivity contribution in [3.05, 3.63) is 23.5 Å². The van der Waals surface area contributed by atoms with Crippen molar-refractivity contribution in [2.24, 2.45) is 7.05 Å². The first-order valence-corrected chi connectivity index (χ1v) is 4.48. The monoisotopic (exact) mass is 194 g/mol. The van der Waals surface area contributed by atoms with E-state index in [4.69, 9.17) is 4.74 Å². The van der Waals surface area contributed by atoms with Crippen LogP contribution in [0.4, 0.5) is 0 Å². The summed E-state index contributed by atoms with van der Waals surface area (Å²) >= 11 is 0.